The Morgan fingerprint density at radius 1 is 1.03 bits per heavy atom. The molecule has 2 aromatic carbocycles. The first-order valence-electron chi connectivity index (χ1n) is 9.89. The predicted octanol–water partition coefficient (Wildman–Crippen LogP) is 4.38. The summed E-state index contributed by atoms with van der Waals surface area (Å²) in [5, 5.41) is 13.3. The highest BCUT2D eigenvalue weighted by Crippen LogP contribution is 2.48. The number of carbonyl (C=O) groups is 2. The third-order valence-electron chi connectivity index (χ3n) is 5.07. The van der Waals surface area contributed by atoms with E-state index in [4.69, 9.17) is 4.74 Å². The molecule has 2 N–H and O–H groups in total. The second-order valence-corrected chi connectivity index (χ2v) is 9.22. The van der Waals surface area contributed by atoms with E-state index in [0.29, 0.717) is 24.8 Å². The maximum Gasteiger partial charge on any atom is 0.408 e. The molecule has 0 saturated heterocycles. The van der Waals surface area contributed by atoms with Crippen LogP contribution in [-0.2, 0) is 16.7 Å². The van der Waals surface area contributed by atoms with E-state index in [0.717, 1.165) is 11.1 Å². The van der Waals surface area contributed by atoms with Gasteiger partial charge in [-0.1, -0.05) is 54.6 Å². The van der Waals surface area contributed by atoms with Crippen LogP contribution in [-0.4, -0.2) is 28.2 Å². The van der Waals surface area contributed by atoms with Crippen molar-refractivity contribution in [2.24, 2.45) is 0 Å². The fourth-order valence-electron chi connectivity index (χ4n) is 3.97. The zero-order valence-corrected chi connectivity index (χ0v) is 17.5. The van der Waals surface area contributed by atoms with Crippen molar-refractivity contribution in [2.75, 3.05) is 0 Å². The van der Waals surface area contributed by atoms with Crippen LogP contribution in [0.2, 0.25) is 0 Å². The first-order chi connectivity index (χ1) is 13.5. The molecule has 0 atom stereocenters. The first-order valence-corrected chi connectivity index (χ1v) is 9.89. The standard InChI is InChI=1S/C24H29NO4/c1-22(2,3)29-21(27)25-24(15-23(4,28)16-24)19-12-10-18(11-13-19)20(26)14-17-8-6-5-7-9-17/h5-13,28H,14-16H2,1-4H3,(H,25,27). The highest BCUT2D eigenvalue weighted by Gasteiger charge is 2.53. The number of benzene rings is 2. The molecule has 29 heavy (non-hydrogen) atoms. The van der Waals surface area contributed by atoms with Gasteiger partial charge in [-0.05, 0) is 38.8 Å². The van der Waals surface area contributed by atoms with Crippen molar-refractivity contribution >= 4 is 11.9 Å². The van der Waals surface area contributed by atoms with Crippen LogP contribution in [0.3, 0.4) is 0 Å². The Hall–Kier alpha value is -2.66. The second-order valence-electron chi connectivity index (χ2n) is 9.22. The summed E-state index contributed by atoms with van der Waals surface area (Å²) in [5.74, 6) is 0.0394. The Balaban J connectivity index is 1.76. The highest BCUT2D eigenvalue weighted by atomic mass is 16.6. The summed E-state index contributed by atoms with van der Waals surface area (Å²) < 4.78 is 5.40. The molecule has 0 spiro atoms. The van der Waals surface area contributed by atoms with Gasteiger partial charge in [0.15, 0.2) is 5.78 Å². The normalized spacial score (nSPS) is 23.8. The SMILES string of the molecule is CC1(O)CC(NC(=O)OC(C)(C)C)(c2ccc(C(=O)Cc3ccccc3)cc2)C1. The number of ether oxygens (including phenoxy) is 1. The van der Waals surface area contributed by atoms with Crippen molar-refractivity contribution in [3.63, 3.8) is 0 Å². The van der Waals surface area contributed by atoms with Crippen LogP contribution in [0.4, 0.5) is 4.79 Å². The van der Waals surface area contributed by atoms with Gasteiger partial charge in [0.1, 0.15) is 5.60 Å². The van der Waals surface area contributed by atoms with Crippen LogP contribution in [0, 0.1) is 0 Å². The quantitative estimate of drug-likeness (QED) is 0.737. The van der Waals surface area contributed by atoms with Crippen molar-refractivity contribution in [3.8, 4) is 0 Å². The lowest BCUT2D eigenvalue weighted by molar-refractivity contribution is -0.0892. The lowest BCUT2D eigenvalue weighted by Gasteiger charge is -2.52. The van der Waals surface area contributed by atoms with E-state index in [1.165, 1.54) is 0 Å². The van der Waals surface area contributed by atoms with Gasteiger partial charge in [-0.15, -0.1) is 0 Å². The van der Waals surface area contributed by atoms with Gasteiger partial charge in [0, 0.05) is 24.8 Å². The number of rotatable bonds is 5. The van der Waals surface area contributed by atoms with Crippen LogP contribution in [0.5, 0.6) is 0 Å². The largest absolute Gasteiger partial charge is 0.444 e. The van der Waals surface area contributed by atoms with Gasteiger partial charge < -0.3 is 15.2 Å². The summed E-state index contributed by atoms with van der Waals surface area (Å²) >= 11 is 0. The van der Waals surface area contributed by atoms with Crippen LogP contribution in [0.25, 0.3) is 0 Å². The van der Waals surface area contributed by atoms with Crippen molar-refractivity contribution in [1.29, 1.82) is 0 Å². The molecular formula is C24H29NO4. The topological polar surface area (TPSA) is 75.6 Å². The molecule has 0 bridgehead atoms. The summed E-state index contributed by atoms with van der Waals surface area (Å²) in [6, 6.07) is 16.9. The smallest absolute Gasteiger partial charge is 0.408 e. The molecule has 3 rings (SSSR count). The Labute approximate surface area is 172 Å². The van der Waals surface area contributed by atoms with Gasteiger partial charge in [0.25, 0.3) is 0 Å². The number of carbonyl (C=O) groups excluding carboxylic acids is 2. The molecular weight excluding hydrogens is 366 g/mol. The summed E-state index contributed by atoms with van der Waals surface area (Å²) in [6.07, 6.45) is 0.598. The van der Waals surface area contributed by atoms with E-state index in [9.17, 15) is 14.7 Å². The lowest BCUT2D eigenvalue weighted by atomic mass is 9.62. The van der Waals surface area contributed by atoms with Gasteiger partial charge in [-0.25, -0.2) is 4.79 Å². The molecule has 154 valence electrons. The number of aliphatic hydroxyl groups is 1. The summed E-state index contributed by atoms with van der Waals surface area (Å²) in [4.78, 5) is 24.9. The molecule has 0 unspecified atom stereocenters. The van der Waals surface area contributed by atoms with Gasteiger partial charge in [0.05, 0.1) is 11.1 Å². The van der Waals surface area contributed by atoms with E-state index < -0.39 is 22.8 Å². The average molecular weight is 395 g/mol. The summed E-state index contributed by atoms with van der Waals surface area (Å²) in [7, 11) is 0. The van der Waals surface area contributed by atoms with Crippen LogP contribution in [0.15, 0.2) is 54.6 Å². The van der Waals surface area contributed by atoms with Gasteiger partial charge >= 0.3 is 6.09 Å². The molecule has 1 aliphatic carbocycles. The molecule has 0 aliphatic heterocycles. The molecule has 0 heterocycles. The Morgan fingerprint density at radius 3 is 2.14 bits per heavy atom. The van der Waals surface area contributed by atoms with Gasteiger partial charge in [-0.3, -0.25) is 4.79 Å². The van der Waals surface area contributed by atoms with E-state index in [-0.39, 0.29) is 5.78 Å². The maximum atomic E-state index is 12.6. The first kappa shape index (κ1) is 21.1. The zero-order chi connectivity index (χ0) is 21.3. The molecule has 1 saturated carbocycles. The fourth-order valence-corrected chi connectivity index (χ4v) is 3.97. The van der Waals surface area contributed by atoms with Gasteiger partial charge in [-0.2, -0.15) is 0 Å². The molecule has 2 aromatic rings. The third-order valence-corrected chi connectivity index (χ3v) is 5.07. The van der Waals surface area contributed by atoms with Crippen molar-refractivity contribution < 1.29 is 19.4 Å². The van der Waals surface area contributed by atoms with E-state index in [1.807, 2.05) is 63.2 Å². The predicted molar refractivity (Wildman–Crippen MR) is 112 cm³/mol. The number of ketones is 1. The Bertz CT molecular complexity index is 871. The lowest BCUT2D eigenvalue weighted by Crippen LogP contribution is -2.62. The van der Waals surface area contributed by atoms with E-state index in [2.05, 4.69) is 5.32 Å². The molecule has 1 amide bonds. The van der Waals surface area contributed by atoms with Crippen molar-refractivity contribution in [3.05, 3.63) is 71.3 Å². The second kappa shape index (κ2) is 7.64. The number of amides is 1. The molecule has 0 radical (unpaired) electrons. The van der Waals surface area contributed by atoms with Crippen LogP contribution in [0.1, 0.15) is 62.0 Å². The molecule has 1 aliphatic rings. The van der Waals surface area contributed by atoms with Crippen LogP contribution < -0.4 is 5.32 Å². The zero-order valence-electron chi connectivity index (χ0n) is 17.5. The Kier molecular flexibility index (Phi) is 5.54. The molecule has 1 fully saturated rings. The van der Waals surface area contributed by atoms with E-state index in [1.54, 1.807) is 19.1 Å². The van der Waals surface area contributed by atoms with Crippen molar-refractivity contribution in [2.45, 2.75) is 63.7 Å². The number of Topliss-reactive ketones (excluding diaryl/α,β-unsaturated/α-hetero) is 1. The van der Waals surface area contributed by atoms with Crippen molar-refractivity contribution in [1.82, 2.24) is 5.32 Å². The van der Waals surface area contributed by atoms with E-state index >= 15 is 0 Å². The minimum atomic E-state index is -0.850. The third kappa shape index (κ3) is 5.24. The number of hydrogen-bond donors (Lipinski definition) is 2. The Morgan fingerprint density at radius 2 is 1.62 bits per heavy atom. The average Bonchev–Trinajstić information content (AvgIpc) is 2.59. The fraction of sp³-hybridized carbons (Fsp3) is 0.417. The van der Waals surface area contributed by atoms with Crippen LogP contribution >= 0.6 is 0 Å². The molecule has 5 nitrogen and oxygen atoms in total. The summed E-state index contributed by atoms with van der Waals surface area (Å²) in [6.45, 7) is 7.18. The highest BCUT2D eigenvalue weighted by molar-refractivity contribution is 5.97. The summed E-state index contributed by atoms with van der Waals surface area (Å²) in [5.41, 5.74) is 0.288. The van der Waals surface area contributed by atoms with Gasteiger partial charge in [0.2, 0.25) is 0 Å². The monoisotopic (exact) mass is 395 g/mol. The number of nitrogens with one attached hydrogen (secondary N) is 1. The number of alkyl carbamates (subject to hydrolysis) is 1. The molecule has 5 heteroatoms. The minimum absolute atomic E-state index is 0.0394. The number of hydrogen-bond acceptors (Lipinski definition) is 4. The molecule has 0 aromatic heterocycles. The maximum absolute atomic E-state index is 12.6. The minimum Gasteiger partial charge on any atom is -0.444 e.